The van der Waals surface area contributed by atoms with E-state index in [1.165, 1.54) is 0 Å². The summed E-state index contributed by atoms with van der Waals surface area (Å²) in [4.78, 5) is 4.67. The molecule has 0 fully saturated rings. The van der Waals surface area contributed by atoms with Crippen molar-refractivity contribution in [1.29, 1.82) is 0 Å². The molecule has 0 aliphatic carbocycles. The molecule has 7 rings (SSSR count). The monoisotopic (exact) mass is 759 g/mol. The molecule has 7 aromatic rings. The average Bonchev–Trinajstić information content (AvgIpc) is 3.57. The van der Waals surface area contributed by atoms with Crippen molar-refractivity contribution < 1.29 is 35.3 Å². The van der Waals surface area contributed by atoms with Crippen molar-refractivity contribution in [3.8, 4) is 45.9 Å². The van der Waals surface area contributed by atoms with E-state index in [1.54, 1.807) is 11.8 Å². The van der Waals surface area contributed by atoms with Crippen molar-refractivity contribution in [3.63, 3.8) is 0 Å². The summed E-state index contributed by atoms with van der Waals surface area (Å²) in [6, 6.07) is 38.8. The fourth-order valence-corrected chi connectivity index (χ4v) is 5.38. The van der Waals surface area contributed by atoms with Gasteiger partial charge < -0.3 is 18.8 Å². The Morgan fingerprint density at radius 3 is 2.41 bits per heavy atom. The Bertz CT molecular complexity index is 2090. The summed E-state index contributed by atoms with van der Waals surface area (Å²) in [5.41, 5.74) is 5.45. The van der Waals surface area contributed by atoms with Crippen LogP contribution in [0.5, 0.6) is 23.3 Å². The molecule has 0 saturated heterocycles. The molecule has 0 amide bonds. The molecule has 4 aromatic carbocycles. The SMILES string of the molecule is CCOc1nn(-c2[c-]c(Oc3[c-]c4c(cc3)c3ccccc3n4-c3cc(C)ccn3)ccc2)c(OC)c1-c1ccccc1.[Pt+2]. The smallest absolute Gasteiger partial charge is 0.509 e. The third-order valence-corrected chi connectivity index (χ3v) is 7.24. The van der Waals surface area contributed by atoms with E-state index in [9.17, 15) is 0 Å². The molecule has 0 bridgehead atoms. The molecule has 0 spiro atoms. The molecule has 7 nitrogen and oxygen atoms in total. The number of hydrogen-bond donors (Lipinski definition) is 0. The van der Waals surface area contributed by atoms with E-state index in [2.05, 4.69) is 52.9 Å². The summed E-state index contributed by atoms with van der Waals surface area (Å²) in [5.74, 6) is 2.94. The molecule has 0 atom stereocenters. The van der Waals surface area contributed by atoms with Gasteiger partial charge in [-0.25, -0.2) is 9.67 Å². The van der Waals surface area contributed by atoms with Crippen molar-refractivity contribution in [3.05, 3.63) is 121 Å². The summed E-state index contributed by atoms with van der Waals surface area (Å²) in [7, 11) is 1.63. The second-order valence-corrected chi connectivity index (χ2v) is 10.0. The normalized spacial score (nSPS) is 11.0. The number of rotatable bonds is 8. The maximum absolute atomic E-state index is 6.34. The second kappa shape index (κ2) is 12.4. The number of methoxy groups -OCH3 is 1. The predicted molar refractivity (Wildman–Crippen MR) is 168 cm³/mol. The first-order valence-electron chi connectivity index (χ1n) is 14.1. The van der Waals surface area contributed by atoms with Crippen LogP contribution in [0, 0.1) is 19.1 Å². The first-order chi connectivity index (χ1) is 21.1. The van der Waals surface area contributed by atoms with Gasteiger partial charge in [0.25, 0.3) is 0 Å². The number of fused-ring (bicyclic) bond motifs is 3. The summed E-state index contributed by atoms with van der Waals surface area (Å²) in [5, 5.41) is 6.95. The van der Waals surface area contributed by atoms with Gasteiger partial charge >= 0.3 is 21.1 Å². The number of para-hydroxylation sites is 1. The number of aryl methyl sites for hydroxylation is 1. The van der Waals surface area contributed by atoms with Gasteiger partial charge in [0.05, 0.1) is 13.7 Å². The van der Waals surface area contributed by atoms with E-state index in [0.717, 1.165) is 44.3 Å². The van der Waals surface area contributed by atoms with Crippen LogP contribution in [0.3, 0.4) is 0 Å². The Morgan fingerprint density at radius 2 is 1.61 bits per heavy atom. The molecular weight excluding hydrogens is 731 g/mol. The van der Waals surface area contributed by atoms with Crippen molar-refractivity contribution in [2.75, 3.05) is 13.7 Å². The van der Waals surface area contributed by atoms with Gasteiger partial charge in [-0.15, -0.1) is 40.8 Å². The van der Waals surface area contributed by atoms with Crippen LogP contribution >= 0.6 is 0 Å². The molecule has 3 heterocycles. The quantitative estimate of drug-likeness (QED) is 0.147. The van der Waals surface area contributed by atoms with E-state index in [1.807, 2.05) is 85.9 Å². The zero-order valence-corrected chi connectivity index (χ0v) is 26.6. The molecular formula is C36H28N4O3Pt. The van der Waals surface area contributed by atoms with Gasteiger partial charge in [0.15, 0.2) is 0 Å². The third kappa shape index (κ3) is 5.24. The van der Waals surface area contributed by atoms with Crippen LogP contribution < -0.4 is 14.2 Å². The van der Waals surface area contributed by atoms with E-state index in [-0.39, 0.29) is 21.1 Å². The van der Waals surface area contributed by atoms with E-state index < -0.39 is 0 Å². The van der Waals surface area contributed by atoms with Crippen molar-refractivity contribution in [1.82, 2.24) is 19.3 Å². The number of hydrogen-bond acceptors (Lipinski definition) is 5. The minimum absolute atomic E-state index is 0. The molecule has 0 unspecified atom stereocenters. The fourth-order valence-electron chi connectivity index (χ4n) is 5.38. The average molecular weight is 760 g/mol. The maximum Gasteiger partial charge on any atom is 2.00 e. The van der Waals surface area contributed by atoms with Gasteiger partial charge in [-0.05, 0) is 54.2 Å². The third-order valence-electron chi connectivity index (χ3n) is 7.24. The van der Waals surface area contributed by atoms with Gasteiger partial charge in [-0.3, -0.25) is 0 Å². The molecule has 0 aliphatic heterocycles. The number of ether oxygens (including phenoxy) is 3. The molecule has 0 aliphatic rings. The Morgan fingerprint density at radius 1 is 0.818 bits per heavy atom. The number of benzene rings is 4. The topological polar surface area (TPSA) is 63.3 Å². The van der Waals surface area contributed by atoms with E-state index in [0.29, 0.717) is 35.6 Å². The Balaban J connectivity index is 0.00000343. The Hall–Kier alpha value is -4.87. The molecule has 44 heavy (non-hydrogen) atoms. The Kier molecular flexibility index (Phi) is 8.23. The van der Waals surface area contributed by atoms with Crippen LogP contribution in [0.4, 0.5) is 0 Å². The van der Waals surface area contributed by atoms with Crippen LogP contribution in [-0.2, 0) is 21.1 Å². The van der Waals surface area contributed by atoms with Crippen LogP contribution in [0.25, 0.3) is 44.4 Å². The van der Waals surface area contributed by atoms with Crippen LogP contribution in [0.15, 0.2) is 103 Å². The fraction of sp³-hybridized carbons (Fsp3) is 0.111. The first kappa shape index (κ1) is 29.2. The van der Waals surface area contributed by atoms with Gasteiger partial charge in [-0.2, -0.15) is 12.1 Å². The summed E-state index contributed by atoms with van der Waals surface area (Å²) in [6.07, 6.45) is 1.83. The van der Waals surface area contributed by atoms with Gasteiger partial charge in [-0.1, -0.05) is 54.0 Å². The van der Waals surface area contributed by atoms with Crippen LogP contribution in [0.2, 0.25) is 0 Å². The van der Waals surface area contributed by atoms with Crippen molar-refractivity contribution in [2.24, 2.45) is 0 Å². The first-order valence-corrected chi connectivity index (χ1v) is 14.1. The number of pyridine rings is 1. The van der Waals surface area contributed by atoms with Crippen molar-refractivity contribution in [2.45, 2.75) is 13.8 Å². The standard InChI is InChI=1S/C36H28N4O3.Pt/c1-4-42-35-34(25-11-6-5-7-12-25)36(41-3)40(38-35)26-13-10-14-27(22-26)43-28-17-18-30-29-15-8-9-16-31(29)39(32(30)23-28)33-21-24(2)19-20-37-33;/h5-21H,4H2,1-3H3;/q-2;+2. The van der Waals surface area contributed by atoms with Gasteiger partial charge in [0, 0.05) is 23.2 Å². The summed E-state index contributed by atoms with van der Waals surface area (Å²) >= 11 is 0. The largest absolute Gasteiger partial charge is 2.00 e. The van der Waals surface area contributed by atoms with E-state index >= 15 is 0 Å². The second-order valence-electron chi connectivity index (χ2n) is 10.0. The minimum Gasteiger partial charge on any atom is -0.509 e. The van der Waals surface area contributed by atoms with Gasteiger partial charge in [0.1, 0.15) is 11.4 Å². The zero-order valence-electron chi connectivity index (χ0n) is 24.4. The summed E-state index contributed by atoms with van der Waals surface area (Å²) in [6.45, 7) is 4.47. The van der Waals surface area contributed by atoms with Crippen LogP contribution in [0.1, 0.15) is 12.5 Å². The molecule has 3 aromatic heterocycles. The molecule has 8 heteroatoms. The summed E-state index contributed by atoms with van der Waals surface area (Å²) < 4.78 is 21.9. The Labute approximate surface area is 269 Å². The zero-order chi connectivity index (χ0) is 29.3. The maximum atomic E-state index is 6.34. The van der Waals surface area contributed by atoms with Crippen LogP contribution in [-0.4, -0.2) is 33.0 Å². The van der Waals surface area contributed by atoms with E-state index in [4.69, 9.17) is 19.3 Å². The molecule has 0 saturated carbocycles. The molecule has 0 N–H and O–H groups in total. The number of nitrogens with zero attached hydrogens (tertiary/aromatic N) is 4. The predicted octanol–water partition coefficient (Wildman–Crippen LogP) is 8.14. The minimum atomic E-state index is 0. The molecule has 220 valence electrons. The molecule has 0 radical (unpaired) electrons. The number of aromatic nitrogens is 4. The van der Waals surface area contributed by atoms with Crippen molar-refractivity contribution >= 4 is 21.8 Å². The van der Waals surface area contributed by atoms with Gasteiger partial charge in [0.2, 0.25) is 11.8 Å².